The van der Waals surface area contributed by atoms with Crippen LogP contribution in [-0.2, 0) is 24.3 Å². The van der Waals surface area contributed by atoms with Gasteiger partial charge in [0, 0.05) is 31.5 Å². The van der Waals surface area contributed by atoms with Crippen molar-refractivity contribution in [3.05, 3.63) is 54.1 Å². The molecule has 5 heteroatoms. The van der Waals surface area contributed by atoms with Crippen LogP contribution in [0, 0.1) is 0 Å². The van der Waals surface area contributed by atoms with Crippen LogP contribution in [0.1, 0.15) is 18.1 Å². The average molecular weight is 273 g/mol. The lowest BCUT2D eigenvalue weighted by molar-refractivity contribution is -0.136. The second-order valence-corrected chi connectivity index (χ2v) is 4.88. The number of benzene rings is 1. The molecule has 1 aromatic carbocycles. The molecule has 5 nitrogen and oxygen atoms in total. The fourth-order valence-corrected chi connectivity index (χ4v) is 2.13. The molecule has 0 spiro atoms. The molecule has 2 aromatic rings. The Morgan fingerprint density at radius 3 is 2.80 bits per heavy atom. The zero-order valence-corrected chi connectivity index (χ0v) is 11.5. The summed E-state index contributed by atoms with van der Waals surface area (Å²) in [7, 11) is 0. The van der Waals surface area contributed by atoms with E-state index in [-0.39, 0.29) is 12.5 Å². The third kappa shape index (κ3) is 4.20. The third-order valence-electron chi connectivity index (χ3n) is 3.14. The molecule has 0 bridgehead atoms. The average Bonchev–Trinajstić information content (AvgIpc) is 2.90. The minimum Gasteiger partial charge on any atom is -0.481 e. The number of hydrogen-bond acceptors (Lipinski definition) is 3. The van der Waals surface area contributed by atoms with E-state index >= 15 is 0 Å². The van der Waals surface area contributed by atoms with Crippen LogP contribution in [0.25, 0.3) is 0 Å². The van der Waals surface area contributed by atoms with Crippen LogP contribution in [0.15, 0.2) is 43.0 Å². The molecule has 1 atom stereocenters. The van der Waals surface area contributed by atoms with Crippen LogP contribution in [0.5, 0.6) is 0 Å². The number of carboxylic acid groups (broad SMARTS) is 1. The highest BCUT2D eigenvalue weighted by atomic mass is 16.4. The maximum atomic E-state index is 10.8. The molecule has 2 N–H and O–H groups in total. The molecule has 0 saturated carbocycles. The van der Waals surface area contributed by atoms with Crippen molar-refractivity contribution in [3.8, 4) is 0 Å². The molecule has 0 radical (unpaired) electrons. The quantitative estimate of drug-likeness (QED) is 0.805. The molecule has 1 heterocycles. The van der Waals surface area contributed by atoms with Gasteiger partial charge in [-0.25, -0.2) is 4.98 Å². The Hall–Kier alpha value is -2.14. The van der Waals surface area contributed by atoms with Crippen LogP contribution in [-0.4, -0.2) is 26.7 Å². The number of imidazole rings is 1. The number of carbonyl (C=O) groups is 1. The van der Waals surface area contributed by atoms with E-state index in [2.05, 4.69) is 17.2 Å². The SMILES string of the molecule is CC(Cn1ccnc1)NCc1ccccc1CC(=O)O. The van der Waals surface area contributed by atoms with Gasteiger partial charge < -0.3 is 15.0 Å². The minimum absolute atomic E-state index is 0.0632. The van der Waals surface area contributed by atoms with Gasteiger partial charge in [-0.05, 0) is 18.1 Å². The molecule has 2 rings (SSSR count). The lowest BCUT2D eigenvalue weighted by atomic mass is 10.0. The summed E-state index contributed by atoms with van der Waals surface area (Å²) in [6.45, 7) is 3.60. The van der Waals surface area contributed by atoms with Gasteiger partial charge in [-0.1, -0.05) is 24.3 Å². The molecule has 0 fully saturated rings. The predicted molar refractivity (Wildman–Crippen MR) is 76.3 cm³/mol. The van der Waals surface area contributed by atoms with E-state index in [9.17, 15) is 4.79 Å². The molecule has 0 aliphatic heterocycles. The Morgan fingerprint density at radius 1 is 1.40 bits per heavy atom. The van der Waals surface area contributed by atoms with Gasteiger partial charge in [-0.2, -0.15) is 0 Å². The Kier molecular flexibility index (Phi) is 4.90. The van der Waals surface area contributed by atoms with Crippen molar-refractivity contribution in [1.29, 1.82) is 0 Å². The summed E-state index contributed by atoms with van der Waals surface area (Å²) in [5.74, 6) is -0.802. The van der Waals surface area contributed by atoms with Crippen molar-refractivity contribution < 1.29 is 9.90 Å². The predicted octanol–water partition coefficient (Wildman–Crippen LogP) is 1.69. The number of hydrogen-bond donors (Lipinski definition) is 2. The zero-order chi connectivity index (χ0) is 14.4. The Balaban J connectivity index is 1.91. The van der Waals surface area contributed by atoms with E-state index in [1.807, 2.05) is 35.0 Å². The fourth-order valence-electron chi connectivity index (χ4n) is 2.13. The fraction of sp³-hybridized carbons (Fsp3) is 0.333. The van der Waals surface area contributed by atoms with Gasteiger partial charge in [0.1, 0.15) is 0 Å². The zero-order valence-electron chi connectivity index (χ0n) is 11.5. The largest absolute Gasteiger partial charge is 0.481 e. The number of nitrogens with zero attached hydrogens (tertiary/aromatic N) is 2. The Morgan fingerprint density at radius 2 is 2.15 bits per heavy atom. The number of nitrogens with one attached hydrogen (secondary N) is 1. The van der Waals surface area contributed by atoms with Crippen molar-refractivity contribution in [2.75, 3.05) is 0 Å². The van der Waals surface area contributed by atoms with Gasteiger partial charge in [0.2, 0.25) is 0 Å². The van der Waals surface area contributed by atoms with Crippen LogP contribution >= 0.6 is 0 Å². The first kappa shape index (κ1) is 14.3. The monoisotopic (exact) mass is 273 g/mol. The summed E-state index contributed by atoms with van der Waals surface area (Å²) in [4.78, 5) is 14.9. The summed E-state index contributed by atoms with van der Waals surface area (Å²) < 4.78 is 2.01. The van der Waals surface area contributed by atoms with Gasteiger partial charge in [0.15, 0.2) is 0 Å². The van der Waals surface area contributed by atoms with Crippen LogP contribution in [0.4, 0.5) is 0 Å². The Labute approximate surface area is 118 Å². The van der Waals surface area contributed by atoms with E-state index in [4.69, 9.17) is 5.11 Å². The van der Waals surface area contributed by atoms with E-state index in [1.165, 1.54) is 0 Å². The summed E-state index contributed by atoms with van der Waals surface area (Å²) in [6, 6.07) is 7.92. The van der Waals surface area contributed by atoms with Gasteiger partial charge in [0.05, 0.1) is 12.7 Å². The molecule has 20 heavy (non-hydrogen) atoms. The highest BCUT2D eigenvalue weighted by Gasteiger charge is 2.08. The molecule has 0 saturated heterocycles. The molecule has 1 aromatic heterocycles. The van der Waals surface area contributed by atoms with Crippen molar-refractivity contribution in [1.82, 2.24) is 14.9 Å². The smallest absolute Gasteiger partial charge is 0.307 e. The number of rotatable bonds is 7. The van der Waals surface area contributed by atoms with Crippen molar-refractivity contribution in [2.45, 2.75) is 32.5 Å². The van der Waals surface area contributed by atoms with E-state index in [0.29, 0.717) is 6.54 Å². The Bertz CT molecular complexity index is 552. The number of aromatic nitrogens is 2. The van der Waals surface area contributed by atoms with Gasteiger partial charge in [-0.3, -0.25) is 4.79 Å². The summed E-state index contributed by atoms with van der Waals surface area (Å²) in [6.07, 6.45) is 5.54. The van der Waals surface area contributed by atoms with E-state index in [0.717, 1.165) is 17.7 Å². The van der Waals surface area contributed by atoms with Gasteiger partial charge in [0.25, 0.3) is 0 Å². The maximum Gasteiger partial charge on any atom is 0.307 e. The van der Waals surface area contributed by atoms with Crippen LogP contribution < -0.4 is 5.32 Å². The normalized spacial score (nSPS) is 12.2. The van der Waals surface area contributed by atoms with Crippen molar-refractivity contribution >= 4 is 5.97 Å². The van der Waals surface area contributed by atoms with Crippen LogP contribution in [0.2, 0.25) is 0 Å². The molecule has 106 valence electrons. The number of carboxylic acids is 1. The van der Waals surface area contributed by atoms with E-state index < -0.39 is 5.97 Å². The topological polar surface area (TPSA) is 67.2 Å². The van der Waals surface area contributed by atoms with Crippen LogP contribution in [0.3, 0.4) is 0 Å². The highest BCUT2D eigenvalue weighted by molar-refractivity contribution is 5.70. The molecular weight excluding hydrogens is 254 g/mol. The lowest BCUT2D eigenvalue weighted by Crippen LogP contribution is -2.30. The van der Waals surface area contributed by atoms with Gasteiger partial charge >= 0.3 is 5.97 Å². The van der Waals surface area contributed by atoms with Crippen molar-refractivity contribution in [2.24, 2.45) is 0 Å². The summed E-state index contributed by atoms with van der Waals surface area (Å²) >= 11 is 0. The summed E-state index contributed by atoms with van der Waals surface area (Å²) in [5.41, 5.74) is 1.90. The first-order chi connectivity index (χ1) is 9.65. The number of aliphatic carboxylic acids is 1. The standard InChI is InChI=1S/C15H19N3O2/c1-12(10-18-7-6-16-11-18)17-9-14-5-3-2-4-13(14)8-15(19)20/h2-7,11-12,17H,8-10H2,1H3,(H,19,20). The second-order valence-electron chi connectivity index (χ2n) is 4.88. The molecule has 0 aliphatic carbocycles. The third-order valence-corrected chi connectivity index (χ3v) is 3.14. The molecule has 0 amide bonds. The lowest BCUT2D eigenvalue weighted by Gasteiger charge is -2.16. The van der Waals surface area contributed by atoms with Crippen molar-refractivity contribution in [3.63, 3.8) is 0 Å². The minimum atomic E-state index is -0.802. The summed E-state index contributed by atoms with van der Waals surface area (Å²) in [5, 5.41) is 12.3. The first-order valence-corrected chi connectivity index (χ1v) is 6.63. The second kappa shape index (κ2) is 6.86. The molecule has 0 aliphatic rings. The maximum absolute atomic E-state index is 10.8. The molecule has 1 unspecified atom stereocenters. The first-order valence-electron chi connectivity index (χ1n) is 6.63. The molecular formula is C15H19N3O2. The highest BCUT2D eigenvalue weighted by Crippen LogP contribution is 2.10. The van der Waals surface area contributed by atoms with E-state index in [1.54, 1.807) is 12.5 Å². The van der Waals surface area contributed by atoms with Gasteiger partial charge in [-0.15, -0.1) is 0 Å².